The monoisotopic (exact) mass is 312 g/mol. The lowest BCUT2D eigenvalue weighted by molar-refractivity contribution is -0.142. The van der Waals surface area contributed by atoms with Gasteiger partial charge < -0.3 is 14.5 Å². The first kappa shape index (κ1) is 16.7. The van der Waals surface area contributed by atoms with Crippen molar-refractivity contribution in [2.24, 2.45) is 0 Å². The third-order valence-corrected chi connectivity index (χ3v) is 3.84. The van der Waals surface area contributed by atoms with Crippen LogP contribution >= 0.6 is 0 Å². The van der Waals surface area contributed by atoms with Crippen molar-refractivity contribution in [2.75, 3.05) is 37.7 Å². The Balaban J connectivity index is 2.00. The predicted octanol–water partition coefficient (Wildman–Crippen LogP) is 2.43. The van der Waals surface area contributed by atoms with E-state index in [1.165, 1.54) is 6.07 Å². The molecule has 2 rings (SSSR count). The summed E-state index contributed by atoms with van der Waals surface area (Å²) in [7, 11) is 0. The molecule has 122 valence electrons. The SMILES string of the molecule is CCO[C@H](C)C(=O)N1CCCN(c2ccc(F)c(F)c2)CC1. The Kier molecular flexibility index (Phi) is 5.71. The highest BCUT2D eigenvalue weighted by molar-refractivity contribution is 5.80. The largest absolute Gasteiger partial charge is 0.370 e. The molecule has 1 atom stereocenters. The first-order valence-electron chi connectivity index (χ1n) is 7.63. The average molecular weight is 312 g/mol. The second kappa shape index (κ2) is 7.54. The van der Waals surface area contributed by atoms with E-state index in [1.54, 1.807) is 17.9 Å². The summed E-state index contributed by atoms with van der Waals surface area (Å²) in [5.74, 6) is -1.71. The number of ether oxygens (including phenoxy) is 1. The van der Waals surface area contributed by atoms with Crippen molar-refractivity contribution in [1.82, 2.24) is 4.90 Å². The molecule has 0 spiro atoms. The fourth-order valence-electron chi connectivity index (χ4n) is 2.66. The van der Waals surface area contributed by atoms with Crippen molar-refractivity contribution in [3.05, 3.63) is 29.8 Å². The van der Waals surface area contributed by atoms with E-state index in [4.69, 9.17) is 4.74 Å². The van der Waals surface area contributed by atoms with Gasteiger partial charge in [-0.2, -0.15) is 0 Å². The maximum atomic E-state index is 13.3. The normalized spacial score (nSPS) is 17.3. The second-order valence-electron chi connectivity index (χ2n) is 5.36. The molecule has 1 aliphatic heterocycles. The molecule has 1 amide bonds. The molecule has 1 aromatic carbocycles. The van der Waals surface area contributed by atoms with Crippen LogP contribution in [0.4, 0.5) is 14.5 Å². The minimum Gasteiger partial charge on any atom is -0.370 e. The van der Waals surface area contributed by atoms with Crippen LogP contribution in [-0.4, -0.2) is 49.7 Å². The Hall–Kier alpha value is -1.69. The van der Waals surface area contributed by atoms with Gasteiger partial charge in [-0.3, -0.25) is 4.79 Å². The number of nitrogens with zero attached hydrogens (tertiary/aromatic N) is 2. The van der Waals surface area contributed by atoms with E-state index < -0.39 is 17.7 Å². The molecule has 1 aromatic rings. The molecule has 1 aliphatic rings. The number of carbonyl (C=O) groups excluding carboxylic acids is 1. The maximum Gasteiger partial charge on any atom is 0.251 e. The highest BCUT2D eigenvalue weighted by Gasteiger charge is 2.23. The van der Waals surface area contributed by atoms with Gasteiger partial charge in [0.05, 0.1) is 0 Å². The smallest absolute Gasteiger partial charge is 0.251 e. The molecule has 0 radical (unpaired) electrons. The van der Waals surface area contributed by atoms with E-state index in [9.17, 15) is 13.6 Å². The van der Waals surface area contributed by atoms with Crippen LogP contribution < -0.4 is 4.90 Å². The van der Waals surface area contributed by atoms with Crippen molar-refractivity contribution in [3.63, 3.8) is 0 Å². The van der Waals surface area contributed by atoms with Crippen LogP contribution in [0.5, 0.6) is 0 Å². The Morgan fingerprint density at radius 3 is 2.68 bits per heavy atom. The number of hydrogen-bond acceptors (Lipinski definition) is 3. The number of hydrogen-bond donors (Lipinski definition) is 0. The lowest BCUT2D eigenvalue weighted by Gasteiger charge is -2.25. The summed E-state index contributed by atoms with van der Waals surface area (Å²) in [4.78, 5) is 16.0. The maximum absolute atomic E-state index is 13.3. The summed E-state index contributed by atoms with van der Waals surface area (Å²) in [6, 6.07) is 3.91. The molecule has 1 fully saturated rings. The Labute approximate surface area is 129 Å². The van der Waals surface area contributed by atoms with Crippen molar-refractivity contribution in [3.8, 4) is 0 Å². The molecule has 0 unspecified atom stereocenters. The van der Waals surface area contributed by atoms with Gasteiger partial charge in [-0.15, -0.1) is 0 Å². The summed E-state index contributed by atoms with van der Waals surface area (Å²) < 4.78 is 31.7. The van der Waals surface area contributed by atoms with Gasteiger partial charge in [0.15, 0.2) is 11.6 Å². The fourth-order valence-corrected chi connectivity index (χ4v) is 2.66. The van der Waals surface area contributed by atoms with E-state index in [2.05, 4.69) is 0 Å². The number of rotatable bonds is 4. The van der Waals surface area contributed by atoms with Crippen molar-refractivity contribution in [1.29, 1.82) is 0 Å². The first-order valence-corrected chi connectivity index (χ1v) is 7.63. The van der Waals surface area contributed by atoms with Gasteiger partial charge >= 0.3 is 0 Å². The number of halogens is 2. The van der Waals surface area contributed by atoms with Crippen LogP contribution in [0.3, 0.4) is 0 Å². The third-order valence-electron chi connectivity index (χ3n) is 3.84. The zero-order chi connectivity index (χ0) is 16.1. The molecule has 1 heterocycles. The van der Waals surface area contributed by atoms with Gasteiger partial charge in [-0.05, 0) is 32.4 Å². The third kappa shape index (κ3) is 3.94. The van der Waals surface area contributed by atoms with Crippen LogP contribution in [0.1, 0.15) is 20.3 Å². The number of benzene rings is 1. The van der Waals surface area contributed by atoms with Crippen LogP contribution in [0.2, 0.25) is 0 Å². The molecule has 0 aliphatic carbocycles. The molecule has 0 saturated carbocycles. The fraction of sp³-hybridized carbons (Fsp3) is 0.562. The highest BCUT2D eigenvalue weighted by Crippen LogP contribution is 2.20. The van der Waals surface area contributed by atoms with Crippen molar-refractivity contribution >= 4 is 11.6 Å². The Morgan fingerprint density at radius 1 is 1.23 bits per heavy atom. The molecule has 0 bridgehead atoms. The molecule has 1 saturated heterocycles. The van der Waals surface area contributed by atoms with Gasteiger partial charge in [0.1, 0.15) is 6.10 Å². The first-order chi connectivity index (χ1) is 10.5. The minimum absolute atomic E-state index is 0.0195. The molecule has 22 heavy (non-hydrogen) atoms. The summed E-state index contributed by atoms with van der Waals surface area (Å²) in [5, 5.41) is 0. The van der Waals surface area contributed by atoms with Crippen LogP contribution in [0, 0.1) is 11.6 Å². The van der Waals surface area contributed by atoms with E-state index >= 15 is 0 Å². The van der Waals surface area contributed by atoms with E-state index in [1.807, 2.05) is 11.8 Å². The van der Waals surface area contributed by atoms with Gasteiger partial charge in [0, 0.05) is 44.5 Å². The predicted molar refractivity (Wildman–Crippen MR) is 80.9 cm³/mol. The Bertz CT molecular complexity index is 525. The molecular formula is C16H22F2N2O2. The van der Waals surface area contributed by atoms with E-state index in [0.29, 0.717) is 38.5 Å². The Morgan fingerprint density at radius 2 is 2.00 bits per heavy atom. The molecule has 6 heteroatoms. The van der Waals surface area contributed by atoms with Gasteiger partial charge in [0.2, 0.25) is 0 Å². The van der Waals surface area contributed by atoms with Gasteiger partial charge in [-0.25, -0.2) is 8.78 Å². The van der Waals surface area contributed by atoms with Gasteiger partial charge in [0.25, 0.3) is 5.91 Å². The van der Waals surface area contributed by atoms with Crippen molar-refractivity contribution < 1.29 is 18.3 Å². The summed E-state index contributed by atoms with van der Waals surface area (Å²) in [5.41, 5.74) is 0.644. The lowest BCUT2D eigenvalue weighted by atomic mass is 10.2. The number of anilines is 1. The minimum atomic E-state index is -0.848. The van der Waals surface area contributed by atoms with Gasteiger partial charge in [-0.1, -0.05) is 0 Å². The standard InChI is InChI=1S/C16H22F2N2O2/c1-3-22-12(2)16(21)20-8-4-7-19(9-10-20)13-5-6-14(17)15(18)11-13/h5-6,11-12H,3-4,7-10H2,1-2H3/t12-/m1/s1. The topological polar surface area (TPSA) is 32.8 Å². The van der Waals surface area contributed by atoms with Crippen molar-refractivity contribution in [2.45, 2.75) is 26.4 Å². The quantitative estimate of drug-likeness (QED) is 0.856. The molecular weight excluding hydrogens is 290 g/mol. The summed E-state index contributed by atoms with van der Waals surface area (Å²) >= 11 is 0. The summed E-state index contributed by atoms with van der Waals surface area (Å²) in [6.45, 7) is 6.61. The van der Waals surface area contributed by atoms with Crippen LogP contribution in [0.25, 0.3) is 0 Å². The highest BCUT2D eigenvalue weighted by atomic mass is 19.2. The molecule has 0 aromatic heterocycles. The zero-order valence-corrected chi connectivity index (χ0v) is 13.0. The molecule has 0 N–H and O–H groups in total. The van der Waals surface area contributed by atoms with E-state index in [-0.39, 0.29) is 5.91 Å². The second-order valence-corrected chi connectivity index (χ2v) is 5.36. The molecule has 4 nitrogen and oxygen atoms in total. The number of carbonyl (C=O) groups is 1. The lowest BCUT2D eigenvalue weighted by Crippen LogP contribution is -2.41. The number of amides is 1. The van der Waals surface area contributed by atoms with Crippen LogP contribution in [0.15, 0.2) is 18.2 Å². The summed E-state index contributed by atoms with van der Waals surface area (Å²) in [6.07, 6.45) is 0.337. The zero-order valence-electron chi connectivity index (χ0n) is 13.0. The van der Waals surface area contributed by atoms with E-state index in [0.717, 1.165) is 12.5 Å². The average Bonchev–Trinajstić information content (AvgIpc) is 2.75. The van der Waals surface area contributed by atoms with Crippen LogP contribution in [-0.2, 0) is 9.53 Å².